The summed E-state index contributed by atoms with van der Waals surface area (Å²) in [5, 5.41) is 28.9. The first-order valence-corrected chi connectivity index (χ1v) is 7.88. The molecule has 0 fully saturated rings. The van der Waals surface area contributed by atoms with Crippen molar-refractivity contribution in [2.45, 2.75) is 19.3 Å². The maximum Gasteiger partial charge on any atom is 0.357 e. The molecule has 0 bridgehead atoms. The average Bonchev–Trinajstić information content (AvgIpc) is 3.12. The zero-order chi connectivity index (χ0) is 15.9. The van der Waals surface area contributed by atoms with Gasteiger partial charge in [0.25, 0.3) is 5.91 Å². The molecule has 1 aliphatic carbocycles. The molecular formula is C12H8BrN5O3S. The lowest BCUT2D eigenvalue weighted by atomic mass is 10.1. The number of thiophene rings is 1. The van der Waals surface area contributed by atoms with Crippen molar-refractivity contribution >= 4 is 44.0 Å². The number of nitriles is 1. The van der Waals surface area contributed by atoms with E-state index in [9.17, 15) is 20.2 Å². The predicted octanol–water partition coefficient (Wildman–Crippen LogP) is 2.75. The number of aromatic nitrogens is 2. The largest absolute Gasteiger partial charge is 0.358 e. The van der Waals surface area contributed by atoms with E-state index in [0.29, 0.717) is 10.6 Å². The Morgan fingerprint density at radius 3 is 2.95 bits per heavy atom. The van der Waals surface area contributed by atoms with Crippen LogP contribution in [0.3, 0.4) is 0 Å². The summed E-state index contributed by atoms with van der Waals surface area (Å²) >= 11 is 4.36. The molecule has 1 aliphatic rings. The molecule has 0 spiro atoms. The zero-order valence-electron chi connectivity index (χ0n) is 11.0. The zero-order valence-corrected chi connectivity index (χ0v) is 13.4. The van der Waals surface area contributed by atoms with Crippen molar-refractivity contribution in [3.8, 4) is 6.07 Å². The van der Waals surface area contributed by atoms with E-state index in [1.807, 2.05) is 0 Å². The highest BCUT2D eigenvalue weighted by Gasteiger charge is 2.27. The number of hydrogen-bond donors (Lipinski definition) is 2. The van der Waals surface area contributed by atoms with Crippen molar-refractivity contribution in [3.05, 3.63) is 36.3 Å². The number of aromatic amines is 1. The Hall–Kier alpha value is -2.25. The van der Waals surface area contributed by atoms with E-state index in [4.69, 9.17) is 0 Å². The summed E-state index contributed by atoms with van der Waals surface area (Å²) in [6, 6.07) is 2.12. The topological polar surface area (TPSA) is 125 Å². The Morgan fingerprint density at radius 1 is 1.55 bits per heavy atom. The molecule has 0 atom stereocenters. The van der Waals surface area contributed by atoms with Crippen molar-refractivity contribution in [1.82, 2.24) is 10.2 Å². The number of carbonyl (C=O) groups excluding carboxylic acids is 1. The SMILES string of the molecule is N#Cc1c(NC(=O)c2n[nH]c([N+](=O)[O-])c2Br)sc2c1CCC2. The number of halogens is 1. The van der Waals surface area contributed by atoms with E-state index in [1.54, 1.807) is 0 Å². The van der Waals surface area contributed by atoms with Crippen molar-refractivity contribution in [1.29, 1.82) is 5.26 Å². The molecule has 2 N–H and O–H groups in total. The molecule has 0 saturated carbocycles. The molecule has 1 amide bonds. The average molecular weight is 382 g/mol. The lowest BCUT2D eigenvalue weighted by molar-refractivity contribution is -0.390. The quantitative estimate of drug-likeness (QED) is 0.624. The number of fused-ring (bicyclic) bond motifs is 1. The molecule has 0 unspecified atom stereocenters. The highest BCUT2D eigenvalue weighted by molar-refractivity contribution is 9.10. The third-order valence-corrected chi connectivity index (χ3v) is 5.31. The monoisotopic (exact) mass is 381 g/mol. The summed E-state index contributed by atoms with van der Waals surface area (Å²) in [4.78, 5) is 23.4. The van der Waals surface area contributed by atoms with Gasteiger partial charge in [-0.25, -0.2) is 0 Å². The fourth-order valence-electron chi connectivity index (χ4n) is 2.36. The van der Waals surface area contributed by atoms with Crippen LogP contribution in [0.25, 0.3) is 0 Å². The molecule has 8 nitrogen and oxygen atoms in total. The second-order valence-corrected chi connectivity index (χ2v) is 6.52. The number of nitrogens with zero attached hydrogens (tertiary/aromatic N) is 3. The minimum atomic E-state index is -0.672. The van der Waals surface area contributed by atoms with E-state index in [-0.39, 0.29) is 16.0 Å². The number of anilines is 1. The molecule has 22 heavy (non-hydrogen) atoms. The number of amides is 1. The Labute approximate surface area is 136 Å². The van der Waals surface area contributed by atoms with Gasteiger partial charge in [0, 0.05) is 4.88 Å². The minimum absolute atomic E-state index is 0.0161. The van der Waals surface area contributed by atoms with Crippen LogP contribution in [0.1, 0.15) is 32.9 Å². The van der Waals surface area contributed by atoms with Gasteiger partial charge in [0.15, 0.2) is 5.69 Å². The Kier molecular flexibility index (Phi) is 3.67. The number of rotatable bonds is 3. The van der Waals surface area contributed by atoms with Crippen LogP contribution in [0.15, 0.2) is 4.47 Å². The molecule has 0 saturated heterocycles. The summed E-state index contributed by atoms with van der Waals surface area (Å²) in [5.74, 6) is -0.994. The number of carbonyl (C=O) groups is 1. The maximum absolute atomic E-state index is 12.2. The molecule has 0 aliphatic heterocycles. The number of nitrogens with one attached hydrogen (secondary N) is 2. The maximum atomic E-state index is 12.2. The fraction of sp³-hybridized carbons (Fsp3) is 0.250. The van der Waals surface area contributed by atoms with E-state index in [1.165, 1.54) is 11.3 Å². The lowest BCUT2D eigenvalue weighted by Crippen LogP contribution is -2.13. The molecule has 0 radical (unpaired) electrons. The highest BCUT2D eigenvalue weighted by atomic mass is 79.9. The van der Waals surface area contributed by atoms with Gasteiger partial charge in [-0.2, -0.15) is 5.26 Å². The molecule has 10 heteroatoms. The normalized spacial score (nSPS) is 12.7. The van der Waals surface area contributed by atoms with Crippen molar-refractivity contribution in [2.24, 2.45) is 0 Å². The number of nitro groups is 1. The standard InChI is InChI=1S/C12H8BrN5O3S/c13-8-9(16-17-10(8)18(20)21)11(19)15-12-6(4-14)5-2-1-3-7(5)22-12/h1-3H2,(H,15,19)(H,16,17). The van der Waals surface area contributed by atoms with E-state index < -0.39 is 10.8 Å². The molecule has 2 heterocycles. The predicted molar refractivity (Wildman–Crippen MR) is 82.0 cm³/mol. The number of H-pyrrole nitrogens is 1. The van der Waals surface area contributed by atoms with Gasteiger partial charge in [-0.05, 0) is 45.7 Å². The van der Waals surface area contributed by atoms with Gasteiger partial charge in [0.1, 0.15) is 15.5 Å². The Bertz CT molecular complexity index is 835. The van der Waals surface area contributed by atoms with Crippen molar-refractivity contribution in [2.75, 3.05) is 5.32 Å². The third kappa shape index (κ3) is 2.28. The van der Waals surface area contributed by atoms with Crippen LogP contribution in [-0.2, 0) is 12.8 Å². The molecule has 112 valence electrons. The van der Waals surface area contributed by atoms with E-state index >= 15 is 0 Å². The van der Waals surface area contributed by atoms with Crippen LogP contribution in [0.2, 0.25) is 0 Å². The number of aryl methyl sites for hydroxylation is 1. The lowest BCUT2D eigenvalue weighted by Gasteiger charge is -2.01. The van der Waals surface area contributed by atoms with Gasteiger partial charge >= 0.3 is 5.82 Å². The third-order valence-electron chi connectivity index (χ3n) is 3.35. The molecule has 2 aromatic heterocycles. The first-order valence-electron chi connectivity index (χ1n) is 6.27. The van der Waals surface area contributed by atoms with Crippen molar-refractivity contribution in [3.63, 3.8) is 0 Å². The van der Waals surface area contributed by atoms with Gasteiger partial charge in [-0.15, -0.1) is 16.4 Å². The first-order chi connectivity index (χ1) is 10.5. The number of hydrogen-bond acceptors (Lipinski definition) is 6. The Balaban J connectivity index is 1.90. The van der Waals surface area contributed by atoms with E-state index in [0.717, 1.165) is 29.7 Å². The van der Waals surface area contributed by atoms with Gasteiger partial charge < -0.3 is 15.4 Å². The van der Waals surface area contributed by atoms with Crippen LogP contribution < -0.4 is 5.32 Å². The fourth-order valence-corrected chi connectivity index (χ4v) is 4.10. The van der Waals surface area contributed by atoms with Crippen LogP contribution in [-0.4, -0.2) is 21.0 Å². The summed E-state index contributed by atoms with van der Waals surface area (Å²) in [5.41, 5.74) is 1.35. The summed E-state index contributed by atoms with van der Waals surface area (Å²) in [6.07, 6.45) is 2.76. The molecule has 2 aromatic rings. The summed E-state index contributed by atoms with van der Waals surface area (Å²) < 4.78 is -0.0161. The second kappa shape index (κ2) is 5.51. The summed E-state index contributed by atoms with van der Waals surface area (Å²) in [7, 11) is 0. The highest BCUT2D eigenvalue weighted by Crippen LogP contribution is 2.39. The van der Waals surface area contributed by atoms with Gasteiger partial charge in [0.2, 0.25) is 0 Å². The minimum Gasteiger partial charge on any atom is -0.358 e. The van der Waals surface area contributed by atoms with Crippen molar-refractivity contribution < 1.29 is 9.72 Å². The van der Waals surface area contributed by atoms with Crippen LogP contribution in [0.5, 0.6) is 0 Å². The molecule has 0 aromatic carbocycles. The van der Waals surface area contributed by atoms with E-state index in [2.05, 4.69) is 37.5 Å². The Morgan fingerprint density at radius 2 is 2.32 bits per heavy atom. The van der Waals surface area contributed by atoms with Gasteiger partial charge in [0.05, 0.1) is 5.56 Å². The van der Waals surface area contributed by atoms with Gasteiger partial charge in [-0.1, -0.05) is 5.10 Å². The van der Waals surface area contributed by atoms with Gasteiger partial charge in [-0.3, -0.25) is 4.79 Å². The molecular weight excluding hydrogens is 374 g/mol. The van der Waals surface area contributed by atoms with Crippen LogP contribution in [0.4, 0.5) is 10.8 Å². The first kappa shape index (κ1) is 14.7. The van der Waals surface area contributed by atoms with Crippen LogP contribution in [0, 0.1) is 21.4 Å². The second-order valence-electron chi connectivity index (χ2n) is 4.62. The smallest absolute Gasteiger partial charge is 0.357 e. The molecule has 3 rings (SSSR count). The van der Waals surface area contributed by atoms with Crippen LogP contribution >= 0.6 is 27.3 Å². The summed E-state index contributed by atoms with van der Waals surface area (Å²) in [6.45, 7) is 0.